The molecule has 2 aromatic carbocycles. The van der Waals surface area contributed by atoms with Gasteiger partial charge in [-0.25, -0.2) is 0 Å². The fraction of sp³-hybridized carbons (Fsp3) is 0.259. The number of rotatable bonds is 4. The molecule has 2 N–H and O–H groups in total. The summed E-state index contributed by atoms with van der Waals surface area (Å²) in [5.74, 6) is -0.983. The molecule has 0 bridgehead atoms. The van der Waals surface area contributed by atoms with E-state index in [0.29, 0.717) is 30.7 Å². The number of carbonyl (C=O) groups excluding carboxylic acids is 4. The maximum Gasteiger partial charge on any atom is 0.257 e. The summed E-state index contributed by atoms with van der Waals surface area (Å²) in [6, 6.07) is 14.9. The highest BCUT2D eigenvalue weighted by atomic mass is 16.2. The van der Waals surface area contributed by atoms with Gasteiger partial charge in [-0.3, -0.25) is 19.2 Å². The number of anilines is 2. The number of para-hydroxylation sites is 2. The fourth-order valence-corrected chi connectivity index (χ4v) is 5.92. The minimum Gasteiger partial charge on any atom is -0.334 e. The predicted octanol–water partition coefficient (Wildman–Crippen LogP) is 2.01. The monoisotopic (exact) mass is 468 g/mol. The molecule has 2 saturated heterocycles. The molecule has 4 heterocycles. The van der Waals surface area contributed by atoms with E-state index >= 15 is 0 Å². The lowest BCUT2D eigenvalue weighted by atomic mass is 9.89. The molecule has 2 spiro atoms. The van der Waals surface area contributed by atoms with Crippen LogP contribution in [0.4, 0.5) is 11.4 Å². The van der Waals surface area contributed by atoms with Crippen LogP contribution in [0.2, 0.25) is 0 Å². The Labute approximate surface area is 202 Å². The van der Waals surface area contributed by atoms with E-state index in [0.717, 1.165) is 22.5 Å². The van der Waals surface area contributed by atoms with Gasteiger partial charge in [0.15, 0.2) is 11.1 Å². The van der Waals surface area contributed by atoms with Gasteiger partial charge in [-0.05, 0) is 18.6 Å². The zero-order valence-corrected chi connectivity index (χ0v) is 19.1. The molecule has 8 nitrogen and oxygen atoms in total. The second kappa shape index (κ2) is 7.15. The summed E-state index contributed by atoms with van der Waals surface area (Å²) in [6.45, 7) is 8.37. The highest BCUT2D eigenvalue weighted by Gasteiger charge is 2.57. The van der Waals surface area contributed by atoms with Crippen molar-refractivity contribution >= 4 is 35.0 Å². The highest BCUT2D eigenvalue weighted by Crippen LogP contribution is 2.48. The van der Waals surface area contributed by atoms with Gasteiger partial charge in [0.1, 0.15) is 0 Å². The standard InChI is InChI=1S/C27H24N4O4/c1-16-14-26(28-22(16)32)18-8-3-5-10-20(18)30(24(26)34)12-7-13-31-21-11-6-4-9-19(21)27(25(31)35)15-17(2)23(33)29-27/h3-6,8-11H,1-2,7,12-15H2,(H,28,32)(H,29,33). The van der Waals surface area contributed by atoms with Crippen molar-refractivity contribution in [3.63, 3.8) is 0 Å². The highest BCUT2D eigenvalue weighted by molar-refractivity contribution is 6.15. The number of nitrogens with one attached hydrogen (secondary N) is 2. The number of fused-ring (bicyclic) bond motifs is 4. The first-order valence-electron chi connectivity index (χ1n) is 11.6. The van der Waals surface area contributed by atoms with Gasteiger partial charge < -0.3 is 20.4 Å². The van der Waals surface area contributed by atoms with Crippen molar-refractivity contribution in [1.29, 1.82) is 0 Å². The van der Waals surface area contributed by atoms with Gasteiger partial charge in [0.05, 0.1) is 0 Å². The molecule has 4 amide bonds. The van der Waals surface area contributed by atoms with Crippen LogP contribution in [0.15, 0.2) is 72.8 Å². The first-order valence-corrected chi connectivity index (χ1v) is 11.6. The van der Waals surface area contributed by atoms with Gasteiger partial charge in [-0.1, -0.05) is 49.6 Å². The molecule has 0 aromatic heterocycles. The second-order valence-electron chi connectivity index (χ2n) is 9.58. The quantitative estimate of drug-likeness (QED) is 0.671. The summed E-state index contributed by atoms with van der Waals surface area (Å²) >= 11 is 0. The molecule has 4 aliphatic rings. The Kier molecular flexibility index (Phi) is 4.36. The molecule has 8 heteroatoms. The Balaban J connectivity index is 1.25. The second-order valence-corrected chi connectivity index (χ2v) is 9.58. The van der Waals surface area contributed by atoms with E-state index < -0.39 is 11.1 Å². The maximum atomic E-state index is 13.6. The molecular weight excluding hydrogens is 444 g/mol. The number of carbonyl (C=O) groups is 4. The lowest BCUT2D eigenvalue weighted by molar-refractivity contribution is -0.127. The largest absolute Gasteiger partial charge is 0.334 e. The number of hydrogen-bond donors (Lipinski definition) is 2. The van der Waals surface area contributed by atoms with Crippen LogP contribution >= 0.6 is 0 Å². The first-order chi connectivity index (χ1) is 16.8. The molecule has 6 rings (SSSR count). The average Bonchev–Trinajstić information content (AvgIpc) is 3.47. The molecule has 176 valence electrons. The van der Waals surface area contributed by atoms with Crippen molar-refractivity contribution in [3.8, 4) is 0 Å². The molecule has 35 heavy (non-hydrogen) atoms. The Morgan fingerprint density at radius 2 is 1.09 bits per heavy atom. The molecule has 0 saturated carbocycles. The summed E-state index contributed by atoms with van der Waals surface area (Å²) < 4.78 is 0. The Bertz CT molecular complexity index is 1240. The van der Waals surface area contributed by atoms with Crippen molar-refractivity contribution < 1.29 is 19.2 Å². The van der Waals surface area contributed by atoms with E-state index in [4.69, 9.17) is 0 Å². The molecular formula is C27H24N4O4. The maximum absolute atomic E-state index is 13.6. The van der Waals surface area contributed by atoms with Gasteiger partial charge in [0.25, 0.3) is 11.8 Å². The smallest absolute Gasteiger partial charge is 0.257 e. The first kappa shape index (κ1) is 21.3. The van der Waals surface area contributed by atoms with Crippen molar-refractivity contribution in [3.05, 3.63) is 84.0 Å². The van der Waals surface area contributed by atoms with Crippen molar-refractivity contribution in [1.82, 2.24) is 10.6 Å². The molecule has 4 aliphatic heterocycles. The topological polar surface area (TPSA) is 98.8 Å². The summed E-state index contributed by atoms with van der Waals surface area (Å²) in [6.07, 6.45) is 0.987. The SMILES string of the molecule is C=C1CC2(NC1=O)C(=O)N(CCCN1C(=O)C3(CC(=C)C(=O)N3)c3ccccc31)c1ccccc12. The normalized spacial score (nSPS) is 26.7. The van der Waals surface area contributed by atoms with Crippen LogP contribution in [-0.4, -0.2) is 36.7 Å². The van der Waals surface area contributed by atoms with Gasteiger partial charge in [-0.15, -0.1) is 0 Å². The number of nitrogens with zero attached hydrogens (tertiary/aromatic N) is 2. The molecule has 2 atom stereocenters. The van der Waals surface area contributed by atoms with Gasteiger partial charge >= 0.3 is 0 Å². The third-order valence-electron chi connectivity index (χ3n) is 7.55. The Hall–Kier alpha value is -4.20. The number of hydrogen-bond acceptors (Lipinski definition) is 4. The van der Waals surface area contributed by atoms with E-state index in [1.807, 2.05) is 48.5 Å². The van der Waals surface area contributed by atoms with Gasteiger partial charge in [-0.2, -0.15) is 0 Å². The fourth-order valence-electron chi connectivity index (χ4n) is 5.92. The average molecular weight is 469 g/mol. The van der Waals surface area contributed by atoms with E-state index in [1.165, 1.54) is 0 Å². The molecule has 0 radical (unpaired) electrons. The van der Waals surface area contributed by atoms with Crippen LogP contribution in [0.1, 0.15) is 30.4 Å². The third-order valence-corrected chi connectivity index (χ3v) is 7.55. The van der Waals surface area contributed by atoms with E-state index in [9.17, 15) is 19.2 Å². The zero-order chi connectivity index (χ0) is 24.5. The summed E-state index contributed by atoms with van der Waals surface area (Å²) in [4.78, 5) is 55.0. The molecule has 2 unspecified atom stereocenters. The summed E-state index contributed by atoms with van der Waals surface area (Å²) in [7, 11) is 0. The molecule has 2 aromatic rings. The van der Waals surface area contributed by atoms with E-state index in [2.05, 4.69) is 23.8 Å². The van der Waals surface area contributed by atoms with Crippen LogP contribution in [0.5, 0.6) is 0 Å². The van der Waals surface area contributed by atoms with Crippen LogP contribution in [0.3, 0.4) is 0 Å². The zero-order valence-electron chi connectivity index (χ0n) is 19.1. The Morgan fingerprint density at radius 3 is 1.46 bits per heavy atom. The predicted molar refractivity (Wildman–Crippen MR) is 129 cm³/mol. The van der Waals surface area contributed by atoms with E-state index in [1.54, 1.807) is 9.80 Å². The van der Waals surface area contributed by atoms with Gasteiger partial charge in [0, 0.05) is 59.6 Å². The Morgan fingerprint density at radius 1 is 0.686 bits per heavy atom. The number of amides is 4. The van der Waals surface area contributed by atoms with Crippen molar-refractivity contribution in [2.75, 3.05) is 22.9 Å². The molecule has 2 fully saturated rings. The van der Waals surface area contributed by atoms with E-state index in [-0.39, 0.29) is 36.5 Å². The lowest BCUT2D eigenvalue weighted by Gasteiger charge is -2.25. The third kappa shape index (κ3) is 2.73. The minimum absolute atomic E-state index is 0.185. The van der Waals surface area contributed by atoms with Crippen LogP contribution in [0, 0.1) is 0 Å². The van der Waals surface area contributed by atoms with Crippen LogP contribution in [-0.2, 0) is 30.3 Å². The minimum atomic E-state index is -1.11. The summed E-state index contributed by atoms with van der Waals surface area (Å²) in [5.41, 5.74) is 1.61. The molecule has 0 aliphatic carbocycles. The van der Waals surface area contributed by atoms with Crippen LogP contribution in [0.25, 0.3) is 0 Å². The van der Waals surface area contributed by atoms with Crippen molar-refractivity contribution in [2.24, 2.45) is 0 Å². The lowest BCUT2D eigenvalue weighted by Crippen LogP contribution is -2.49. The van der Waals surface area contributed by atoms with Gasteiger partial charge in [0.2, 0.25) is 11.8 Å². The number of benzene rings is 2. The van der Waals surface area contributed by atoms with Crippen LogP contribution < -0.4 is 20.4 Å². The summed E-state index contributed by atoms with van der Waals surface area (Å²) in [5, 5.41) is 5.73. The van der Waals surface area contributed by atoms with Crippen molar-refractivity contribution in [2.45, 2.75) is 30.3 Å².